The smallest absolute Gasteiger partial charge is 0.307 e. The first-order chi connectivity index (χ1) is 13.5. The molecule has 7 heteroatoms. The molecule has 0 saturated carbocycles. The highest BCUT2D eigenvalue weighted by molar-refractivity contribution is 6.31. The Bertz CT molecular complexity index is 1060. The van der Waals surface area contributed by atoms with E-state index in [-0.39, 0.29) is 5.76 Å². The third-order valence-electron chi connectivity index (χ3n) is 4.02. The number of benzene rings is 2. The number of rotatable bonds is 7. The van der Waals surface area contributed by atoms with Crippen LogP contribution in [0.3, 0.4) is 0 Å². The highest BCUT2D eigenvalue weighted by Crippen LogP contribution is 2.32. The number of carbonyl (C=O) groups excluding carboxylic acids is 1. The molecule has 0 unspecified atom stereocenters. The number of hydrazone groups is 1. The lowest BCUT2D eigenvalue weighted by Gasteiger charge is -2.12. The summed E-state index contributed by atoms with van der Waals surface area (Å²) in [5, 5.41) is 5.32. The van der Waals surface area contributed by atoms with Gasteiger partial charge in [0.15, 0.2) is 17.3 Å². The minimum Gasteiger partial charge on any atom is -0.493 e. The van der Waals surface area contributed by atoms with E-state index in [1.807, 2.05) is 6.07 Å². The van der Waals surface area contributed by atoms with Crippen LogP contribution in [0, 0.1) is 0 Å². The average molecular weight is 399 g/mol. The van der Waals surface area contributed by atoms with Gasteiger partial charge in [0.05, 0.1) is 20.4 Å². The normalized spacial score (nSPS) is 11.0. The molecule has 144 valence electrons. The van der Waals surface area contributed by atoms with E-state index in [1.165, 1.54) is 6.21 Å². The van der Waals surface area contributed by atoms with Crippen molar-refractivity contribution in [1.29, 1.82) is 0 Å². The van der Waals surface area contributed by atoms with Crippen LogP contribution in [0.2, 0.25) is 5.02 Å². The molecule has 28 heavy (non-hydrogen) atoms. The maximum absolute atomic E-state index is 12.3. The zero-order valence-corrected chi connectivity index (χ0v) is 16.2. The molecule has 0 saturated heterocycles. The number of amides is 1. The van der Waals surface area contributed by atoms with Crippen LogP contribution in [0.1, 0.15) is 21.7 Å². The molecular weight excluding hydrogens is 380 g/mol. The third kappa shape index (κ3) is 4.18. The van der Waals surface area contributed by atoms with Gasteiger partial charge in [-0.2, -0.15) is 5.10 Å². The fraction of sp³-hybridized carbons (Fsp3) is 0.143. The molecule has 0 fully saturated rings. The van der Waals surface area contributed by atoms with Crippen molar-refractivity contribution in [1.82, 2.24) is 5.43 Å². The van der Waals surface area contributed by atoms with Gasteiger partial charge in [0, 0.05) is 16.0 Å². The van der Waals surface area contributed by atoms with Gasteiger partial charge in [-0.25, -0.2) is 5.43 Å². The van der Waals surface area contributed by atoms with Crippen molar-refractivity contribution < 1.29 is 18.7 Å². The standard InChI is InChI=1S/C21H19ClN2O4/c1-4-5-14-8-13(9-18(26-2)20(14)27-3)12-23-24-21(25)19-11-15-10-16(22)6-7-17(15)28-19/h4,6-12H,1,5H2,2-3H3,(H,24,25)/b23-12+. The number of allylic oxidation sites excluding steroid dienone is 1. The Morgan fingerprint density at radius 3 is 2.79 bits per heavy atom. The molecule has 0 aliphatic carbocycles. The number of nitrogens with one attached hydrogen (secondary N) is 1. The van der Waals surface area contributed by atoms with Gasteiger partial charge in [-0.1, -0.05) is 17.7 Å². The van der Waals surface area contributed by atoms with Crippen LogP contribution in [0.4, 0.5) is 0 Å². The predicted octanol–water partition coefficient (Wildman–Crippen LogP) is 4.60. The Morgan fingerprint density at radius 2 is 2.07 bits per heavy atom. The van der Waals surface area contributed by atoms with E-state index in [0.29, 0.717) is 28.5 Å². The Balaban J connectivity index is 1.78. The van der Waals surface area contributed by atoms with E-state index >= 15 is 0 Å². The van der Waals surface area contributed by atoms with Crippen molar-refractivity contribution in [3.8, 4) is 11.5 Å². The van der Waals surface area contributed by atoms with Gasteiger partial charge in [0.25, 0.3) is 0 Å². The number of hydrogen-bond acceptors (Lipinski definition) is 5. The molecule has 1 heterocycles. The Kier molecular flexibility index (Phi) is 6.01. The van der Waals surface area contributed by atoms with Gasteiger partial charge in [-0.05, 0) is 48.4 Å². The monoisotopic (exact) mass is 398 g/mol. The summed E-state index contributed by atoms with van der Waals surface area (Å²) in [5.41, 5.74) is 4.67. The summed E-state index contributed by atoms with van der Waals surface area (Å²) in [4.78, 5) is 12.3. The Labute approximate surface area is 167 Å². The third-order valence-corrected chi connectivity index (χ3v) is 4.26. The van der Waals surface area contributed by atoms with Crippen molar-refractivity contribution in [2.45, 2.75) is 6.42 Å². The SMILES string of the molecule is C=CCc1cc(/C=N/NC(=O)c2cc3cc(Cl)ccc3o2)cc(OC)c1OC. The second-order valence-electron chi connectivity index (χ2n) is 5.90. The summed E-state index contributed by atoms with van der Waals surface area (Å²) in [5.74, 6) is 0.901. The van der Waals surface area contributed by atoms with Gasteiger partial charge in [-0.3, -0.25) is 4.79 Å². The van der Waals surface area contributed by atoms with Crippen molar-refractivity contribution >= 4 is 34.7 Å². The van der Waals surface area contributed by atoms with E-state index < -0.39 is 5.91 Å². The second-order valence-corrected chi connectivity index (χ2v) is 6.34. The van der Waals surface area contributed by atoms with Crippen LogP contribution < -0.4 is 14.9 Å². The van der Waals surface area contributed by atoms with Crippen LogP contribution in [0.25, 0.3) is 11.0 Å². The molecule has 6 nitrogen and oxygen atoms in total. The van der Waals surface area contributed by atoms with Crippen molar-refractivity contribution in [3.63, 3.8) is 0 Å². The number of halogens is 1. The number of ether oxygens (including phenoxy) is 2. The lowest BCUT2D eigenvalue weighted by molar-refractivity contribution is 0.0929. The van der Waals surface area contributed by atoms with Crippen molar-refractivity contribution in [3.05, 3.63) is 71.0 Å². The summed E-state index contributed by atoms with van der Waals surface area (Å²) in [6.07, 6.45) is 3.90. The molecule has 0 aliphatic rings. The van der Waals surface area contributed by atoms with Gasteiger partial charge in [0.1, 0.15) is 5.58 Å². The molecule has 3 aromatic rings. The summed E-state index contributed by atoms with van der Waals surface area (Å²) < 4.78 is 16.3. The van der Waals surface area contributed by atoms with Crippen LogP contribution in [-0.2, 0) is 6.42 Å². The van der Waals surface area contributed by atoms with Gasteiger partial charge >= 0.3 is 5.91 Å². The second kappa shape index (κ2) is 8.63. The topological polar surface area (TPSA) is 73.1 Å². The van der Waals surface area contributed by atoms with Crippen LogP contribution in [0.15, 0.2) is 58.6 Å². The largest absolute Gasteiger partial charge is 0.493 e. The molecule has 0 atom stereocenters. The minimum absolute atomic E-state index is 0.147. The molecule has 0 bridgehead atoms. The number of methoxy groups -OCH3 is 2. The predicted molar refractivity (Wildman–Crippen MR) is 110 cm³/mol. The number of furan rings is 1. The Hall–Kier alpha value is -3.25. The van der Waals surface area contributed by atoms with Gasteiger partial charge in [0.2, 0.25) is 0 Å². The number of nitrogens with zero attached hydrogens (tertiary/aromatic N) is 1. The fourth-order valence-corrected chi connectivity index (χ4v) is 2.98. The summed E-state index contributed by atoms with van der Waals surface area (Å²) in [6.45, 7) is 3.75. The molecular formula is C21H19ClN2O4. The van der Waals surface area contributed by atoms with Gasteiger partial charge in [-0.15, -0.1) is 6.58 Å². The first-order valence-electron chi connectivity index (χ1n) is 8.44. The fourth-order valence-electron chi connectivity index (χ4n) is 2.80. The molecule has 1 N–H and O–H groups in total. The maximum Gasteiger partial charge on any atom is 0.307 e. The number of hydrogen-bond donors (Lipinski definition) is 1. The molecule has 3 rings (SSSR count). The molecule has 0 radical (unpaired) electrons. The first-order valence-corrected chi connectivity index (χ1v) is 8.81. The van der Waals surface area contributed by atoms with Crippen LogP contribution >= 0.6 is 11.6 Å². The number of carbonyl (C=O) groups is 1. The highest BCUT2D eigenvalue weighted by atomic mass is 35.5. The summed E-state index contributed by atoms with van der Waals surface area (Å²) in [6, 6.07) is 10.4. The molecule has 1 aromatic heterocycles. The number of fused-ring (bicyclic) bond motifs is 1. The zero-order valence-electron chi connectivity index (χ0n) is 15.5. The average Bonchev–Trinajstić information content (AvgIpc) is 3.11. The lowest BCUT2D eigenvalue weighted by Crippen LogP contribution is -2.16. The first kappa shape index (κ1) is 19.5. The van der Waals surface area contributed by atoms with Crippen molar-refractivity contribution in [2.24, 2.45) is 5.10 Å². The van der Waals surface area contributed by atoms with E-state index in [2.05, 4.69) is 17.1 Å². The molecule has 1 amide bonds. The van der Waals surface area contributed by atoms with Crippen LogP contribution in [-0.4, -0.2) is 26.3 Å². The highest BCUT2D eigenvalue weighted by Gasteiger charge is 2.13. The summed E-state index contributed by atoms with van der Waals surface area (Å²) >= 11 is 5.95. The zero-order chi connectivity index (χ0) is 20.1. The Morgan fingerprint density at radius 1 is 1.25 bits per heavy atom. The minimum atomic E-state index is -0.463. The van der Waals surface area contributed by atoms with E-state index in [4.69, 9.17) is 25.5 Å². The molecule has 2 aromatic carbocycles. The van der Waals surface area contributed by atoms with Gasteiger partial charge < -0.3 is 13.9 Å². The van der Waals surface area contributed by atoms with Crippen LogP contribution in [0.5, 0.6) is 11.5 Å². The van der Waals surface area contributed by atoms with E-state index in [0.717, 1.165) is 16.5 Å². The molecule has 0 aliphatic heterocycles. The van der Waals surface area contributed by atoms with E-state index in [9.17, 15) is 4.79 Å². The quantitative estimate of drug-likeness (QED) is 0.358. The van der Waals surface area contributed by atoms with E-state index in [1.54, 1.807) is 50.6 Å². The maximum atomic E-state index is 12.3. The molecule has 0 spiro atoms. The summed E-state index contributed by atoms with van der Waals surface area (Å²) in [7, 11) is 3.14. The van der Waals surface area contributed by atoms with Crippen molar-refractivity contribution in [2.75, 3.05) is 14.2 Å². The lowest BCUT2D eigenvalue weighted by atomic mass is 10.1.